The van der Waals surface area contributed by atoms with E-state index in [4.69, 9.17) is 19.4 Å². The van der Waals surface area contributed by atoms with Crippen LogP contribution in [0.1, 0.15) is 77.0 Å². The number of benzene rings is 1. The Balaban J connectivity index is 1.53. The lowest BCUT2D eigenvalue weighted by atomic mass is 9.94. The van der Waals surface area contributed by atoms with E-state index in [0.29, 0.717) is 42.2 Å². The van der Waals surface area contributed by atoms with Crippen molar-refractivity contribution in [3.05, 3.63) is 34.9 Å². The van der Waals surface area contributed by atoms with E-state index in [2.05, 4.69) is 44.4 Å². The minimum atomic E-state index is -0.741. The first-order chi connectivity index (χ1) is 21.0. The van der Waals surface area contributed by atoms with Gasteiger partial charge in [-0.3, -0.25) is 10.3 Å². The lowest BCUT2D eigenvalue weighted by Gasteiger charge is -2.25. The number of fused-ring (bicyclic) bond motifs is 4. The van der Waals surface area contributed by atoms with Crippen molar-refractivity contribution in [3.63, 3.8) is 0 Å². The molecule has 1 saturated heterocycles. The highest BCUT2D eigenvalue weighted by molar-refractivity contribution is 7.29. The number of anilines is 2. The number of aromatic nitrogens is 3. The molecule has 5 heterocycles. The Kier molecular flexibility index (Phi) is 8.20. The van der Waals surface area contributed by atoms with Gasteiger partial charge in [0.25, 0.3) is 0 Å². The Hall–Kier alpha value is -3.45. The molecule has 4 aromatic rings. The van der Waals surface area contributed by atoms with Crippen molar-refractivity contribution in [1.82, 2.24) is 15.0 Å². The van der Waals surface area contributed by atoms with Gasteiger partial charge in [-0.05, 0) is 50.7 Å². The molecule has 3 unspecified atom stereocenters. The van der Waals surface area contributed by atoms with Gasteiger partial charge in [0.15, 0.2) is 5.82 Å². The first-order valence-corrected chi connectivity index (χ1v) is 16.4. The molecular formula is C32H36FN6O3PS. The number of nitrogens with one attached hydrogen (secondary N) is 1. The molecule has 2 aliphatic rings. The third-order valence-corrected chi connectivity index (χ3v) is 9.86. The maximum atomic E-state index is 15.3. The van der Waals surface area contributed by atoms with E-state index < -0.39 is 17.5 Å². The van der Waals surface area contributed by atoms with Crippen molar-refractivity contribution in [2.24, 2.45) is 5.92 Å². The molecule has 9 nitrogen and oxygen atoms in total. The first-order valence-electron chi connectivity index (χ1n) is 15.0. The Morgan fingerprint density at radius 3 is 2.80 bits per heavy atom. The summed E-state index contributed by atoms with van der Waals surface area (Å²) >= 11 is 0.987. The number of pyridine rings is 1. The molecule has 3 aromatic heterocycles. The largest absolute Gasteiger partial charge is 0.444 e. The van der Waals surface area contributed by atoms with Gasteiger partial charge in [0, 0.05) is 40.4 Å². The van der Waals surface area contributed by atoms with Crippen molar-refractivity contribution >= 4 is 63.9 Å². The standard InChI is InChI=1S/C32H36FN6O3PS/c1-6-7-8-17-9-16(2)13-39(17)30-36-11-19-20-14-41-15-21(20)23(27(43)25(19)37-30)26-24-18(10-34)29(38-31(40)42-32(3,4)5)44-28(24)22(33)12-35-26/h11-12,16-17H,6-9,13-15,43H2,1-5H3,(H,38,40). The van der Waals surface area contributed by atoms with Gasteiger partial charge in [0.05, 0.1) is 40.9 Å². The van der Waals surface area contributed by atoms with Crippen LogP contribution in [-0.2, 0) is 22.7 Å². The quantitative estimate of drug-likeness (QED) is 0.222. The van der Waals surface area contributed by atoms with Crippen LogP contribution < -0.4 is 15.5 Å². The lowest BCUT2D eigenvalue weighted by molar-refractivity contribution is 0.0636. The summed E-state index contributed by atoms with van der Waals surface area (Å²) in [6.07, 6.45) is 6.85. The Morgan fingerprint density at radius 1 is 1.30 bits per heavy atom. The average molecular weight is 635 g/mol. The number of unbranched alkanes of at least 4 members (excludes halogenated alkanes) is 1. The van der Waals surface area contributed by atoms with E-state index in [1.165, 1.54) is 6.20 Å². The summed E-state index contributed by atoms with van der Waals surface area (Å²) in [4.78, 5) is 29.5. The minimum Gasteiger partial charge on any atom is -0.444 e. The summed E-state index contributed by atoms with van der Waals surface area (Å²) in [5, 5.41) is 15.2. The minimum absolute atomic E-state index is 0.128. The Bertz CT molecular complexity index is 1830. The molecule has 0 saturated carbocycles. The van der Waals surface area contributed by atoms with Crippen LogP contribution in [0.5, 0.6) is 0 Å². The Labute approximate surface area is 262 Å². The average Bonchev–Trinajstić information content (AvgIpc) is 3.69. The molecule has 1 amide bonds. The van der Waals surface area contributed by atoms with Crippen molar-refractivity contribution < 1.29 is 18.7 Å². The smallest absolute Gasteiger partial charge is 0.412 e. The number of rotatable bonds is 6. The SMILES string of the molecule is CCCCC1CC(C)CN1c1ncc2c3c(c(-c4ncc(F)c5sc(NC(=O)OC(C)(C)C)c(C#N)c45)c(P)c2n1)COC3. The number of nitrogens with zero attached hydrogens (tertiary/aromatic N) is 5. The highest BCUT2D eigenvalue weighted by atomic mass is 32.1. The zero-order valence-corrected chi connectivity index (χ0v) is 27.6. The van der Waals surface area contributed by atoms with E-state index in [-0.39, 0.29) is 15.3 Å². The number of nitriles is 1. The zero-order chi connectivity index (χ0) is 31.3. The van der Waals surface area contributed by atoms with Gasteiger partial charge < -0.3 is 14.4 Å². The van der Waals surface area contributed by atoms with Crippen LogP contribution in [0.4, 0.5) is 20.1 Å². The van der Waals surface area contributed by atoms with Crippen molar-refractivity contribution in [1.29, 1.82) is 5.26 Å². The maximum absolute atomic E-state index is 15.3. The van der Waals surface area contributed by atoms with Crippen LogP contribution >= 0.6 is 20.6 Å². The van der Waals surface area contributed by atoms with E-state index in [0.717, 1.165) is 76.5 Å². The van der Waals surface area contributed by atoms with Gasteiger partial charge in [-0.15, -0.1) is 20.6 Å². The maximum Gasteiger partial charge on any atom is 0.412 e. The van der Waals surface area contributed by atoms with E-state index in [1.807, 2.05) is 6.20 Å². The number of ether oxygens (including phenoxy) is 2. The second-order valence-electron chi connectivity index (χ2n) is 12.7. The molecule has 1 fully saturated rings. The highest BCUT2D eigenvalue weighted by Crippen LogP contribution is 2.44. The number of carbonyl (C=O) groups is 1. The molecule has 44 heavy (non-hydrogen) atoms. The van der Waals surface area contributed by atoms with Gasteiger partial charge in [0.2, 0.25) is 5.95 Å². The third kappa shape index (κ3) is 5.48. The molecule has 12 heteroatoms. The van der Waals surface area contributed by atoms with E-state index in [9.17, 15) is 10.1 Å². The molecule has 0 aliphatic carbocycles. The van der Waals surface area contributed by atoms with Crippen LogP contribution in [0.25, 0.3) is 32.2 Å². The van der Waals surface area contributed by atoms with Crippen molar-refractivity contribution in [3.8, 4) is 17.3 Å². The fraction of sp³-hybridized carbons (Fsp3) is 0.469. The molecule has 1 N–H and O–H groups in total. The number of halogens is 1. The fourth-order valence-corrected chi connectivity index (χ4v) is 7.91. The number of carbonyl (C=O) groups excluding carboxylic acids is 1. The molecule has 1 aromatic carbocycles. The number of hydrogen-bond acceptors (Lipinski definition) is 9. The number of amides is 1. The Morgan fingerprint density at radius 2 is 2.07 bits per heavy atom. The zero-order valence-electron chi connectivity index (χ0n) is 25.6. The normalized spacial score (nSPS) is 18.2. The number of hydrogen-bond donors (Lipinski definition) is 1. The van der Waals surface area contributed by atoms with Crippen LogP contribution in [0.3, 0.4) is 0 Å². The second-order valence-corrected chi connectivity index (χ2v) is 14.3. The van der Waals surface area contributed by atoms with Crippen LogP contribution in [0.15, 0.2) is 12.4 Å². The molecule has 0 radical (unpaired) electrons. The summed E-state index contributed by atoms with van der Waals surface area (Å²) in [6.45, 7) is 11.4. The molecule has 2 aliphatic heterocycles. The van der Waals surface area contributed by atoms with Crippen LogP contribution in [0, 0.1) is 23.1 Å². The summed E-state index contributed by atoms with van der Waals surface area (Å²) in [5.41, 5.74) is 3.19. The van der Waals surface area contributed by atoms with E-state index >= 15 is 4.39 Å². The van der Waals surface area contributed by atoms with Crippen LogP contribution in [-0.4, -0.2) is 39.2 Å². The highest BCUT2D eigenvalue weighted by Gasteiger charge is 2.33. The van der Waals surface area contributed by atoms with Crippen LogP contribution in [0.2, 0.25) is 0 Å². The molecule has 3 atom stereocenters. The number of thiophene rings is 1. The van der Waals surface area contributed by atoms with Gasteiger partial charge >= 0.3 is 6.09 Å². The predicted octanol–water partition coefficient (Wildman–Crippen LogP) is 7.20. The first kappa shape index (κ1) is 30.6. The monoisotopic (exact) mass is 634 g/mol. The molecule has 6 rings (SSSR count). The molecule has 0 spiro atoms. The topological polar surface area (TPSA) is 113 Å². The summed E-state index contributed by atoms with van der Waals surface area (Å²) in [6, 6.07) is 2.58. The molecular weight excluding hydrogens is 598 g/mol. The van der Waals surface area contributed by atoms with Crippen molar-refractivity contribution in [2.75, 3.05) is 16.8 Å². The van der Waals surface area contributed by atoms with Gasteiger partial charge in [-0.25, -0.2) is 19.2 Å². The molecule has 0 bridgehead atoms. The summed E-state index contributed by atoms with van der Waals surface area (Å²) in [7, 11) is 2.82. The lowest BCUT2D eigenvalue weighted by Crippen LogP contribution is -2.31. The van der Waals surface area contributed by atoms with Gasteiger partial charge in [-0.2, -0.15) is 5.26 Å². The molecule has 230 valence electrons. The summed E-state index contributed by atoms with van der Waals surface area (Å²) < 4.78 is 26.8. The van der Waals surface area contributed by atoms with Crippen molar-refractivity contribution in [2.45, 2.75) is 85.2 Å². The van der Waals surface area contributed by atoms with Gasteiger partial charge in [0.1, 0.15) is 16.7 Å². The fourth-order valence-electron chi connectivity index (χ4n) is 6.34. The third-order valence-electron chi connectivity index (χ3n) is 8.19. The second kappa shape index (κ2) is 11.8. The summed E-state index contributed by atoms with van der Waals surface area (Å²) in [5.74, 6) is 0.678. The predicted molar refractivity (Wildman–Crippen MR) is 175 cm³/mol. The van der Waals surface area contributed by atoms with Gasteiger partial charge in [-0.1, -0.05) is 26.7 Å². The van der Waals surface area contributed by atoms with E-state index in [1.54, 1.807) is 20.8 Å².